The zero-order chi connectivity index (χ0) is 8.97. The molecule has 1 heterocycles. The zero-order valence-corrected chi connectivity index (χ0v) is 8.33. The average molecular weight is 258 g/mol. The van der Waals surface area contributed by atoms with E-state index in [9.17, 15) is 8.78 Å². The summed E-state index contributed by atoms with van der Waals surface area (Å²) < 4.78 is 24.0. The van der Waals surface area contributed by atoms with Crippen molar-refractivity contribution in [1.29, 1.82) is 0 Å². The van der Waals surface area contributed by atoms with Gasteiger partial charge < -0.3 is 5.32 Å². The van der Waals surface area contributed by atoms with Gasteiger partial charge in [0.2, 0.25) is 11.6 Å². The number of nitrogens with zero attached hydrogens (tertiary/aromatic N) is 2. The number of halogens is 3. The lowest BCUT2D eigenvalue weighted by Crippen LogP contribution is -2.05. The van der Waals surface area contributed by atoms with Gasteiger partial charge in [-0.3, -0.25) is 0 Å². The lowest BCUT2D eigenvalue weighted by Gasteiger charge is -1.99. The van der Waals surface area contributed by atoms with E-state index < -0.39 is 6.43 Å². The van der Waals surface area contributed by atoms with Crippen molar-refractivity contribution in [3.05, 3.63) is 3.92 Å². The third-order valence-corrected chi connectivity index (χ3v) is 2.35. The molecule has 0 radical (unpaired) electrons. The van der Waals surface area contributed by atoms with Gasteiger partial charge in [-0.05, 0) is 15.9 Å². The lowest BCUT2D eigenvalue weighted by atomic mass is 10.4. The van der Waals surface area contributed by atoms with Crippen molar-refractivity contribution >= 4 is 32.4 Å². The maximum atomic E-state index is 11.7. The van der Waals surface area contributed by atoms with Gasteiger partial charge in [-0.1, -0.05) is 11.3 Å². The molecule has 1 rings (SSSR count). The van der Waals surface area contributed by atoms with Crippen LogP contribution in [0.2, 0.25) is 0 Å². The van der Waals surface area contributed by atoms with E-state index in [1.807, 2.05) is 0 Å². The molecule has 0 spiro atoms. The topological polar surface area (TPSA) is 37.8 Å². The number of hydrogen-bond acceptors (Lipinski definition) is 4. The highest BCUT2D eigenvalue weighted by atomic mass is 79.9. The van der Waals surface area contributed by atoms with Gasteiger partial charge in [-0.2, -0.15) is 0 Å². The molecule has 0 amide bonds. The molecule has 1 N–H and O–H groups in total. The smallest absolute Gasteiger partial charge is 0.240 e. The van der Waals surface area contributed by atoms with E-state index in [4.69, 9.17) is 0 Å². The molecule has 0 atom stereocenters. The van der Waals surface area contributed by atoms with Gasteiger partial charge in [-0.25, -0.2) is 8.78 Å². The van der Waals surface area contributed by atoms with Crippen LogP contribution < -0.4 is 5.32 Å². The predicted octanol–water partition coefficient (Wildman–Crippen LogP) is 2.37. The van der Waals surface area contributed by atoms with E-state index in [2.05, 4.69) is 31.4 Å². The van der Waals surface area contributed by atoms with Crippen molar-refractivity contribution in [2.24, 2.45) is 0 Å². The molecule has 0 unspecified atom stereocenters. The summed E-state index contributed by atoms with van der Waals surface area (Å²) in [5, 5.41) is 10.6. The molecule has 12 heavy (non-hydrogen) atoms. The van der Waals surface area contributed by atoms with Crippen LogP contribution in [0.4, 0.5) is 13.9 Å². The predicted molar refractivity (Wildman–Crippen MR) is 46.7 cm³/mol. The minimum atomic E-state index is -2.27. The molecule has 0 aromatic carbocycles. The summed E-state index contributed by atoms with van der Waals surface area (Å²) in [5.41, 5.74) is 0. The number of anilines is 1. The molecule has 1 aromatic rings. The summed E-state index contributed by atoms with van der Waals surface area (Å²) in [6.07, 6.45) is -2.44. The number of hydrogen-bond donors (Lipinski definition) is 1. The number of nitrogens with one attached hydrogen (secondary N) is 1. The standard InChI is InChI=1S/C5H6BrF2N3S/c6-4-10-11-5(12-4)9-2-1-3(7)8/h3H,1-2H2,(H,9,11). The SMILES string of the molecule is FC(F)CCNc1nnc(Br)s1. The summed E-state index contributed by atoms with van der Waals surface area (Å²) >= 11 is 4.39. The Morgan fingerprint density at radius 2 is 2.25 bits per heavy atom. The normalized spacial score (nSPS) is 10.7. The highest BCUT2D eigenvalue weighted by molar-refractivity contribution is 9.11. The van der Waals surface area contributed by atoms with Gasteiger partial charge in [0.15, 0.2) is 3.92 Å². The molecular weight excluding hydrogens is 252 g/mol. The van der Waals surface area contributed by atoms with Gasteiger partial charge >= 0.3 is 0 Å². The van der Waals surface area contributed by atoms with E-state index in [-0.39, 0.29) is 13.0 Å². The van der Waals surface area contributed by atoms with Crippen LogP contribution in [-0.2, 0) is 0 Å². The molecule has 0 aliphatic rings. The van der Waals surface area contributed by atoms with Crippen LogP contribution in [0.3, 0.4) is 0 Å². The second kappa shape index (κ2) is 4.66. The van der Waals surface area contributed by atoms with Crippen LogP contribution in [0, 0.1) is 0 Å². The van der Waals surface area contributed by atoms with Crippen molar-refractivity contribution < 1.29 is 8.78 Å². The molecular formula is C5H6BrF2N3S. The average Bonchev–Trinajstić information content (AvgIpc) is 2.35. The third-order valence-electron chi connectivity index (χ3n) is 1.04. The maximum absolute atomic E-state index is 11.7. The highest BCUT2D eigenvalue weighted by Crippen LogP contribution is 2.19. The summed E-state index contributed by atoms with van der Waals surface area (Å²) in [6.45, 7) is 0.222. The highest BCUT2D eigenvalue weighted by Gasteiger charge is 2.03. The van der Waals surface area contributed by atoms with Gasteiger partial charge in [0.05, 0.1) is 0 Å². The van der Waals surface area contributed by atoms with Crippen LogP contribution >= 0.6 is 27.3 Å². The molecule has 68 valence electrons. The minimum Gasteiger partial charge on any atom is -0.360 e. The molecule has 3 nitrogen and oxygen atoms in total. The van der Waals surface area contributed by atoms with Gasteiger partial charge in [-0.15, -0.1) is 10.2 Å². The first-order chi connectivity index (χ1) is 5.68. The summed E-state index contributed by atoms with van der Waals surface area (Å²) in [5.74, 6) is 0. The van der Waals surface area contributed by atoms with Crippen molar-refractivity contribution in [3.63, 3.8) is 0 Å². The third kappa shape index (κ3) is 3.40. The Hall–Kier alpha value is -0.300. The van der Waals surface area contributed by atoms with Crippen LogP contribution in [0.25, 0.3) is 0 Å². The minimum absolute atomic E-state index is 0.169. The molecule has 0 aliphatic heterocycles. The largest absolute Gasteiger partial charge is 0.360 e. The van der Waals surface area contributed by atoms with Crippen LogP contribution in [-0.4, -0.2) is 23.2 Å². The van der Waals surface area contributed by atoms with Crippen molar-refractivity contribution in [2.75, 3.05) is 11.9 Å². The summed E-state index contributed by atoms with van der Waals surface area (Å²) in [6, 6.07) is 0. The fourth-order valence-corrected chi connectivity index (χ4v) is 1.60. The quantitative estimate of drug-likeness (QED) is 0.900. The fourth-order valence-electron chi connectivity index (χ4n) is 0.565. The molecule has 0 bridgehead atoms. The summed E-state index contributed by atoms with van der Waals surface area (Å²) in [4.78, 5) is 0. The van der Waals surface area contributed by atoms with E-state index >= 15 is 0 Å². The van der Waals surface area contributed by atoms with Crippen molar-refractivity contribution in [1.82, 2.24) is 10.2 Å². The van der Waals surface area contributed by atoms with Crippen LogP contribution in [0.5, 0.6) is 0 Å². The van der Waals surface area contributed by atoms with E-state index in [1.54, 1.807) is 0 Å². The monoisotopic (exact) mass is 257 g/mol. The van der Waals surface area contributed by atoms with Crippen LogP contribution in [0.1, 0.15) is 6.42 Å². The molecule has 0 saturated heterocycles. The Morgan fingerprint density at radius 3 is 2.75 bits per heavy atom. The Balaban J connectivity index is 2.24. The molecule has 1 aromatic heterocycles. The van der Waals surface area contributed by atoms with Gasteiger partial charge in [0.1, 0.15) is 0 Å². The fraction of sp³-hybridized carbons (Fsp3) is 0.600. The molecule has 0 aliphatic carbocycles. The van der Waals surface area contributed by atoms with Gasteiger partial charge in [0, 0.05) is 13.0 Å². The Morgan fingerprint density at radius 1 is 1.50 bits per heavy atom. The van der Waals surface area contributed by atoms with Crippen molar-refractivity contribution in [2.45, 2.75) is 12.8 Å². The first-order valence-corrected chi connectivity index (χ1v) is 4.80. The Bertz CT molecular complexity index is 242. The second-order valence-corrected chi connectivity index (χ2v) is 4.22. The number of aromatic nitrogens is 2. The Labute approximate surface area is 80.3 Å². The first kappa shape index (κ1) is 9.79. The number of alkyl halides is 2. The lowest BCUT2D eigenvalue weighted by molar-refractivity contribution is 0.142. The van der Waals surface area contributed by atoms with E-state index in [0.717, 1.165) is 0 Å². The molecule has 7 heteroatoms. The zero-order valence-electron chi connectivity index (χ0n) is 5.93. The van der Waals surface area contributed by atoms with E-state index in [0.29, 0.717) is 9.05 Å². The maximum Gasteiger partial charge on any atom is 0.240 e. The Kier molecular flexibility index (Phi) is 3.80. The second-order valence-electron chi connectivity index (χ2n) is 1.97. The molecule has 0 saturated carbocycles. The van der Waals surface area contributed by atoms with E-state index in [1.165, 1.54) is 11.3 Å². The first-order valence-electron chi connectivity index (χ1n) is 3.19. The van der Waals surface area contributed by atoms with Crippen LogP contribution in [0.15, 0.2) is 3.92 Å². The summed E-state index contributed by atoms with van der Waals surface area (Å²) in [7, 11) is 0. The van der Waals surface area contributed by atoms with Crippen molar-refractivity contribution in [3.8, 4) is 0 Å². The molecule has 0 fully saturated rings. The van der Waals surface area contributed by atoms with Gasteiger partial charge in [0.25, 0.3) is 0 Å². The number of rotatable bonds is 4.